The average Bonchev–Trinajstić information content (AvgIpc) is 2.88. The third-order valence-corrected chi connectivity index (χ3v) is 4.08. The van der Waals surface area contributed by atoms with Crippen LogP contribution in [0, 0.1) is 0 Å². The topological polar surface area (TPSA) is 88.9 Å². The molecule has 0 atom stereocenters. The second kappa shape index (κ2) is 6.68. The Morgan fingerprint density at radius 3 is 2.67 bits per heavy atom. The number of hydrogen-bond acceptors (Lipinski definition) is 5. The Balaban J connectivity index is 2.02. The van der Waals surface area contributed by atoms with Crippen molar-refractivity contribution in [3.8, 4) is 0 Å². The summed E-state index contributed by atoms with van der Waals surface area (Å²) in [6.45, 7) is 5.45. The second-order valence-corrected chi connectivity index (χ2v) is 6.57. The molecule has 0 saturated carbocycles. The highest BCUT2D eigenvalue weighted by atomic mass is 32.2. The van der Waals surface area contributed by atoms with Crippen molar-refractivity contribution in [1.82, 2.24) is 20.1 Å². The summed E-state index contributed by atoms with van der Waals surface area (Å²) >= 11 is 0. The average molecular weight is 309 g/mol. The lowest BCUT2D eigenvalue weighted by Gasteiger charge is -2.07. The summed E-state index contributed by atoms with van der Waals surface area (Å²) in [5, 5.41) is 7.32. The number of nitrogens with one attached hydrogen (secondary N) is 2. The van der Waals surface area contributed by atoms with E-state index in [0.717, 1.165) is 6.54 Å². The molecule has 2 aromatic heterocycles. The third kappa shape index (κ3) is 4.54. The molecule has 0 unspecified atom stereocenters. The van der Waals surface area contributed by atoms with Crippen LogP contribution in [0.5, 0.6) is 0 Å². The molecule has 0 aliphatic carbocycles. The molecule has 21 heavy (non-hydrogen) atoms. The highest BCUT2D eigenvalue weighted by molar-refractivity contribution is 7.92. The molecule has 7 nitrogen and oxygen atoms in total. The van der Waals surface area contributed by atoms with Crippen LogP contribution in [0.15, 0.2) is 41.8 Å². The van der Waals surface area contributed by atoms with E-state index < -0.39 is 10.0 Å². The van der Waals surface area contributed by atoms with Crippen molar-refractivity contribution in [1.29, 1.82) is 0 Å². The molecule has 0 aliphatic heterocycles. The SMILES string of the molecule is CC(C)NCCn1cc(S(=O)(=O)Nc2ccncc2)cn1. The summed E-state index contributed by atoms with van der Waals surface area (Å²) in [5.41, 5.74) is 0.472. The molecule has 0 saturated heterocycles. The summed E-state index contributed by atoms with van der Waals surface area (Å²) in [5.74, 6) is 0. The zero-order valence-electron chi connectivity index (χ0n) is 12.0. The van der Waals surface area contributed by atoms with Gasteiger partial charge < -0.3 is 5.32 Å². The molecule has 0 fully saturated rings. The third-order valence-electron chi connectivity index (χ3n) is 2.75. The molecule has 0 amide bonds. The predicted octanol–water partition coefficient (Wildman–Crippen LogP) is 1.08. The van der Waals surface area contributed by atoms with Gasteiger partial charge in [-0.1, -0.05) is 13.8 Å². The van der Waals surface area contributed by atoms with E-state index in [4.69, 9.17) is 0 Å². The Morgan fingerprint density at radius 2 is 2.00 bits per heavy atom. The predicted molar refractivity (Wildman–Crippen MR) is 80.4 cm³/mol. The minimum Gasteiger partial charge on any atom is -0.313 e. The summed E-state index contributed by atoms with van der Waals surface area (Å²) in [7, 11) is -3.62. The maximum absolute atomic E-state index is 12.2. The Morgan fingerprint density at radius 1 is 1.29 bits per heavy atom. The number of anilines is 1. The van der Waals surface area contributed by atoms with E-state index in [1.54, 1.807) is 16.8 Å². The van der Waals surface area contributed by atoms with Crippen molar-refractivity contribution in [3.05, 3.63) is 36.9 Å². The van der Waals surface area contributed by atoms with Crippen LogP contribution in [0.25, 0.3) is 0 Å². The fourth-order valence-electron chi connectivity index (χ4n) is 1.71. The largest absolute Gasteiger partial charge is 0.313 e. The normalized spacial score (nSPS) is 11.8. The van der Waals surface area contributed by atoms with E-state index in [1.807, 2.05) is 0 Å². The molecule has 2 heterocycles. The first kappa shape index (κ1) is 15.5. The van der Waals surface area contributed by atoms with E-state index in [0.29, 0.717) is 18.3 Å². The van der Waals surface area contributed by atoms with Gasteiger partial charge in [-0.2, -0.15) is 5.10 Å². The Kier molecular flexibility index (Phi) is 4.92. The molecule has 0 aromatic carbocycles. The Labute approximate surface area is 124 Å². The highest BCUT2D eigenvalue weighted by Crippen LogP contribution is 2.14. The number of hydrogen-bond donors (Lipinski definition) is 2. The van der Waals surface area contributed by atoms with Gasteiger partial charge in [0.15, 0.2) is 0 Å². The van der Waals surface area contributed by atoms with Gasteiger partial charge in [-0.3, -0.25) is 14.4 Å². The molecule has 2 aromatic rings. The molecule has 2 rings (SSSR count). The van der Waals surface area contributed by atoms with Crippen molar-refractivity contribution in [2.45, 2.75) is 31.3 Å². The Bertz CT molecular complexity index is 667. The number of nitrogens with zero attached hydrogens (tertiary/aromatic N) is 3. The summed E-state index contributed by atoms with van der Waals surface area (Å²) in [6.07, 6.45) is 5.92. The highest BCUT2D eigenvalue weighted by Gasteiger charge is 2.16. The van der Waals surface area contributed by atoms with Crippen molar-refractivity contribution in [2.75, 3.05) is 11.3 Å². The fraction of sp³-hybridized carbons (Fsp3) is 0.385. The number of aromatic nitrogens is 3. The van der Waals surface area contributed by atoms with Gasteiger partial charge in [-0.05, 0) is 12.1 Å². The molecule has 0 radical (unpaired) electrons. The van der Waals surface area contributed by atoms with Crippen LogP contribution in [0.2, 0.25) is 0 Å². The van der Waals surface area contributed by atoms with Crippen LogP contribution in [-0.2, 0) is 16.6 Å². The molecular weight excluding hydrogens is 290 g/mol. The lowest BCUT2D eigenvalue weighted by Crippen LogP contribution is -2.26. The Hall–Kier alpha value is -1.93. The summed E-state index contributed by atoms with van der Waals surface area (Å²) in [4.78, 5) is 3.98. The molecule has 0 spiro atoms. The minimum absolute atomic E-state index is 0.142. The zero-order chi connectivity index (χ0) is 15.3. The van der Waals surface area contributed by atoms with E-state index in [1.165, 1.54) is 24.8 Å². The van der Waals surface area contributed by atoms with Gasteiger partial charge in [0.1, 0.15) is 4.90 Å². The van der Waals surface area contributed by atoms with Crippen molar-refractivity contribution in [3.63, 3.8) is 0 Å². The first-order chi connectivity index (χ1) is 9.97. The van der Waals surface area contributed by atoms with E-state index in [-0.39, 0.29) is 4.90 Å². The number of sulfonamides is 1. The minimum atomic E-state index is -3.62. The molecule has 114 valence electrons. The van der Waals surface area contributed by atoms with Gasteiger partial charge in [0, 0.05) is 31.2 Å². The van der Waals surface area contributed by atoms with E-state index >= 15 is 0 Å². The van der Waals surface area contributed by atoms with Gasteiger partial charge in [0.05, 0.1) is 18.4 Å². The summed E-state index contributed by atoms with van der Waals surface area (Å²) in [6, 6.07) is 3.57. The maximum atomic E-state index is 12.2. The first-order valence-electron chi connectivity index (χ1n) is 6.66. The van der Waals surface area contributed by atoms with E-state index in [9.17, 15) is 8.42 Å². The first-order valence-corrected chi connectivity index (χ1v) is 8.14. The molecular formula is C13H19N5O2S. The molecule has 0 aliphatic rings. The zero-order valence-corrected chi connectivity index (χ0v) is 12.8. The van der Waals surface area contributed by atoms with Gasteiger partial charge in [0.25, 0.3) is 10.0 Å². The number of pyridine rings is 1. The van der Waals surface area contributed by atoms with Crippen LogP contribution in [0.3, 0.4) is 0 Å². The maximum Gasteiger partial charge on any atom is 0.265 e. The van der Waals surface area contributed by atoms with Crippen molar-refractivity contribution in [2.24, 2.45) is 0 Å². The molecule has 0 bridgehead atoms. The second-order valence-electron chi connectivity index (χ2n) is 4.89. The summed E-state index contributed by atoms with van der Waals surface area (Å²) < 4.78 is 28.5. The lowest BCUT2D eigenvalue weighted by atomic mass is 10.4. The number of rotatable bonds is 7. The van der Waals surface area contributed by atoms with Gasteiger partial charge >= 0.3 is 0 Å². The monoisotopic (exact) mass is 309 g/mol. The molecule has 8 heteroatoms. The smallest absolute Gasteiger partial charge is 0.265 e. The van der Waals surface area contributed by atoms with Gasteiger partial charge in [-0.25, -0.2) is 8.42 Å². The van der Waals surface area contributed by atoms with Crippen LogP contribution >= 0.6 is 0 Å². The van der Waals surface area contributed by atoms with Crippen LogP contribution in [-0.4, -0.2) is 35.8 Å². The lowest BCUT2D eigenvalue weighted by molar-refractivity contribution is 0.515. The molecule has 2 N–H and O–H groups in total. The van der Waals surface area contributed by atoms with Crippen molar-refractivity contribution < 1.29 is 8.42 Å². The fourth-order valence-corrected chi connectivity index (χ4v) is 2.72. The van der Waals surface area contributed by atoms with Gasteiger partial charge in [0.2, 0.25) is 0 Å². The van der Waals surface area contributed by atoms with Crippen LogP contribution < -0.4 is 10.0 Å². The standard InChI is InChI=1S/C13H19N5O2S/c1-11(2)15-7-8-18-10-13(9-16-18)21(19,20)17-12-3-5-14-6-4-12/h3-6,9-11,15H,7-8H2,1-2H3,(H,14,17). The quantitative estimate of drug-likeness (QED) is 0.799. The van der Waals surface area contributed by atoms with Gasteiger partial charge in [-0.15, -0.1) is 0 Å². The van der Waals surface area contributed by atoms with Crippen molar-refractivity contribution >= 4 is 15.7 Å². The van der Waals surface area contributed by atoms with Crippen LogP contribution in [0.1, 0.15) is 13.8 Å². The van der Waals surface area contributed by atoms with Crippen LogP contribution in [0.4, 0.5) is 5.69 Å². The van der Waals surface area contributed by atoms with E-state index in [2.05, 4.69) is 34.0 Å².